The van der Waals surface area contributed by atoms with E-state index in [1.165, 1.54) is 10.6 Å². The number of aromatic nitrogens is 1. The molecule has 2 aromatic rings. The van der Waals surface area contributed by atoms with Crippen molar-refractivity contribution in [1.82, 2.24) is 4.57 Å². The fraction of sp³-hybridized carbons (Fsp3) is 0.214. The first kappa shape index (κ1) is 14.2. The maximum atomic E-state index is 11.3. The molecule has 0 aliphatic rings. The van der Waals surface area contributed by atoms with Crippen molar-refractivity contribution in [2.75, 3.05) is 5.32 Å². The molecule has 1 aromatic heterocycles. The largest absolute Gasteiger partial charge is 0.377 e. The minimum atomic E-state index is -0.0279. The lowest BCUT2D eigenvalue weighted by Gasteiger charge is -2.17. The highest BCUT2D eigenvalue weighted by Gasteiger charge is 2.10. The molecule has 2 rings (SSSR count). The molecule has 0 fully saturated rings. The van der Waals surface area contributed by atoms with Crippen molar-refractivity contribution in [3.8, 4) is 0 Å². The van der Waals surface area contributed by atoms with Crippen LogP contribution in [0.15, 0.2) is 45.8 Å². The summed E-state index contributed by atoms with van der Waals surface area (Å²) in [4.78, 5) is 11.3. The third kappa shape index (κ3) is 3.39. The fourth-order valence-electron chi connectivity index (χ4n) is 1.86. The molecular formula is C14H14BrClN2O. The highest BCUT2D eigenvalue weighted by molar-refractivity contribution is 9.10. The predicted molar refractivity (Wildman–Crippen MR) is 82.9 cm³/mol. The summed E-state index contributed by atoms with van der Waals surface area (Å²) in [7, 11) is 1.73. The number of nitrogens with zero attached hydrogens (tertiary/aromatic N) is 1. The van der Waals surface area contributed by atoms with Gasteiger partial charge in [-0.25, -0.2) is 0 Å². The number of hydrogen-bond acceptors (Lipinski definition) is 2. The van der Waals surface area contributed by atoms with E-state index in [2.05, 4.69) is 21.2 Å². The van der Waals surface area contributed by atoms with Gasteiger partial charge in [0.1, 0.15) is 0 Å². The molecule has 1 N–H and O–H groups in total. The Labute approximate surface area is 125 Å². The first-order valence-electron chi connectivity index (χ1n) is 5.85. The molecule has 1 atom stereocenters. The Morgan fingerprint density at radius 2 is 2.05 bits per heavy atom. The van der Waals surface area contributed by atoms with Gasteiger partial charge in [-0.15, -0.1) is 0 Å². The molecule has 0 amide bonds. The summed E-state index contributed by atoms with van der Waals surface area (Å²) >= 11 is 9.61. The van der Waals surface area contributed by atoms with Crippen LogP contribution in [-0.2, 0) is 7.05 Å². The van der Waals surface area contributed by atoms with Gasteiger partial charge in [0.15, 0.2) is 0 Å². The Kier molecular flexibility index (Phi) is 4.32. The highest BCUT2D eigenvalue weighted by atomic mass is 79.9. The third-order valence-electron chi connectivity index (χ3n) is 2.90. The first-order chi connectivity index (χ1) is 8.97. The van der Waals surface area contributed by atoms with E-state index in [-0.39, 0.29) is 11.6 Å². The molecule has 1 heterocycles. The molecule has 19 heavy (non-hydrogen) atoms. The molecule has 0 aliphatic carbocycles. The molecule has 0 saturated carbocycles. The highest BCUT2D eigenvalue weighted by Crippen LogP contribution is 2.28. The molecular weight excluding hydrogens is 328 g/mol. The fourth-order valence-corrected chi connectivity index (χ4v) is 2.70. The van der Waals surface area contributed by atoms with Crippen LogP contribution < -0.4 is 10.9 Å². The Morgan fingerprint density at radius 3 is 2.68 bits per heavy atom. The Bertz CT molecular complexity index is 654. The summed E-state index contributed by atoms with van der Waals surface area (Å²) < 4.78 is 2.49. The molecule has 5 heteroatoms. The number of pyridine rings is 1. The van der Waals surface area contributed by atoms with E-state index in [1.54, 1.807) is 19.3 Å². The van der Waals surface area contributed by atoms with E-state index in [1.807, 2.05) is 25.1 Å². The van der Waals surface area contributed by atoms with E-state index in [0.717, 1.165) is 15.7 Å². The van der Waals surface area contributed by atoms with Crippen LogP contribution in [0.5, 0.6) is 0 Å². The van der Waals surface area contributed by atoms with Crippen molar-refractivity contribution < 1.29 is 0 Å². The normalized spacial score (nSPS) is 12.2. The molecule has 1 unspecified atom stereocenters. The number of hydrogen-bond donors (Lipinski definition) is 1. The molecule has 0 aliphatic heterocycles. The van der Waals surface area contributed by atoms with Gasteiger partial charge in [-0.2, -0.15) is 0 Å². The smallest absolute Gasteiger partial charge is 0.250 e. The van der Waals surface area contributed by atoms with Crippen molar-refractivity contribution in [1.29, 1.82) is 0 Å². The molecule has 0 saturated heterocycles. The lowest BCUT2D eigenvalue weighted by molar-refractivity contribution is 0.840. The Morgan fingerprint density at radius 1 is 1.32 bits per heavy atom. The predicted octanol–water partition coefficient (Wildman–Crippen LogP) is 3.97. The number of halogens is 2. The van der Waals surface area contributed by atoms with Crippen LogP contribution in [0.2, 0.25) is 5.02 Å². The number of benzene rings is 1. The second-order valence-electron chi connectivity index (χ2n) is 4.40. The number of aryl methyl sites for hydroxylation is 1. The zero-order valence-corrected chi connectivity index (χ0v) is 13.0. The molecule has 100 valence electrons. The standard InChI is InChI=1S/C14H14BrClN2O/c1-9(12-5-3-10(15)7-13(12)16)17-11-4-6-14(19)18(2)8-11/h3-9,17H,1-2H3. The van der Waals surface area contributed by atoms with Crippen LogP contribution in [0.3, 0.4) is 0 Å². The van der Waals surface area contributed by atoms with E-state index >= 15 is 0 Å². The van der Waals surface area contributed by atoms with Gasteiger partial charge in [0.25, 0.3) is 0 Å². The molecule has 3 nitrogen and oxygen atoms in total. The zero-order chi connectivity index (χ0) is 14.0. The minimum absolute atomic E-state index is 0.0279. The van der Waals surface area contributed by atoms with Crippen LogP contribution in [0.1, 0.15) is 18.5 Å². The summed E-state index contributed by atoms with van der Waals surface area (Å²) in [5.41, 5.74) is 1.87. The van der Waals surface area contributed by atoms with Crippen LogP contribution in [0, 0.1) is 0 Å². The molecule has 0 radical (unpaired) electrons. The number of rotatable bonds is 3. The van der Waals surface area contributed by atoms with Gasteiger partial charge in [-0.1, -0.05) is 33.6 Å². The lowest BCUT2D eigenvalue weighted by atomic mass is 10.1. The average molecular weight is 342 g/mol. The Balaban J connectivity index is 2.22. The lowest BCUT2D eigenvalue weighted by Crippen LogP contribution is -2.16. The minimum Gasteiger partial charge on any atom is -0.377 e. The summed E-state index contributed by atoms with van der Waals surface area (Å²) in [6.45, 7) is 2.03. The van der Waals surface area contributed by atoms with Gasteiger partial charge in [0.2, 0.25) is 5.56 Å². The molecule has 0 bridgehead atoms. The van der Waals surface area contributed by atoms with Gasteiger partial charge in [0.05, 0.1) is 11.7 Å². The monoisotopic (exact) mass is 340 g/mol. The van der Waals surface area contributed by atoms with E-state index in [4.69, 9.17) is 11.6 Å². The van der Waals surface area contributed by atoms with Crippen LogP contribution in [-0.4, -0.2) is 4.57 Å². The summed E-state index contributed by atoms with van der Waals surface area (Å²) in [5, 5.41) is 4.03. The van der Waals surface area contributed by atoms with Crippen molar-refractivity contribution in [2.24, 2.45) is 7.05 Å². The SMILES string of the molecule is CC(Nc1ccc(=O)n(C)c1)c1ccc(Br)cc1Cl. The quantitative estimate of drug-likeness (QED) is 0.916. The first-order valence-corrected chi connectivity index (χ1v) is 7.02. The van der Waals surface area contributed by atoms with Crippen LogP contribution >= 0.6 is 27.5 Å². The maximum Gasteiger partial charge on any atom is 0.250 e. The van der Waals surface area contributed by atoms with Gasteiger partial charge in [-0.05, 0) is 30.7 Å². The van der Waals surface area contributed by atoms with Gasteiger partial charge in [-0.3, -0.25) is 4.79 Å². The van der Waals surface area contributed by atoms with E-state index < -0.39 is 0 Å². The maximum absolute atomic E-state index is 11.3. The van der Waals surface area contributed by atoms with Crippen LogP contribution in [0.25, 0.3) is 0 Å². The topological polar surface area (TPSA) is 34.0 Å². The van der Waals surface area contributed by atoms with Gasteiger partial charge in [0, 0.05) is 28.8 Å². The summed E-state index contributed by atoms with van der Waals surface area (Å²) in [5.74, 6) is 0. The van der Waals surface area contributed by atoms with Gasteiger partial charge >= 0.3 is 0 Å². The average Bonchev–Trinajstić information content (AvgIpc) is 2.33. The van der Waals surface area contributed by atoms with Crippen molar-refractivity contribution in [3.63, 3.8) is 0 Å². The van der Waals surface area contributed by atoms with Crippen molar-refractivity contribution in [3.05, 3.63) is 61.9 Å². The van der Waals surface area contributed by atoms with E-state index in [9.17, 15) is 4.79 Å². The number of nitrogens with one attached hydrogen (secondary N) is 1. The number of anilines is 1. The molecule has 1 aromatic carbocycles. The summed E-state index contributed by atoms with van der Waals surface area (Å²) in [6.07, 6.45) is 1.77. The second kappa shape index (κ2) is 5.80. The third-order valence-corrected chi connectivity index (χ3v) is 3.72. The Hall–Kier alpha value is -1.26. The second-order valence-corrected chi connectivity index (χ2v) is 5.72. The summed E-state index contributed by atoms with van der Waals surface area (Å²) in [6, 6.07) is 9.17. The zero-order valence-electron chi connectivity index (χ0n) is 10.7. The van der Waals surface area contributed by atoms with Crippen molar-refractivity contribution >= 4 is 33.2 Å². The van der Waals surface area contributed by atoms with Crippen molar-refractivity contribution in [2.45, 2.75) is 13.0 Å². The van der Waals surface area contributed by atoms with E-state index in [0.29, 0.717) is 5.02 Å². The van der Waals surface area contributed by atoms with Crippen LogP contribution in [0.4, 0.5) is 5.69 Å². The van der Waals surface area contributed by atoms with Gasteiger partial charge < -0.3 is 9.88 Å². The molecule has 0 spiro atoms.